The van der Waals surface area contributed by atoms with Crippen molar-refractivity contribution in [2.24, 2.45) is 0 Å². The van der Waals surface area contributed by atoms with Gasteiger partial charge in [0.1, 0.15) is 12.4 Å². The van der Waals surface area contributed by atoms with Crippen molar-refractivity contribution in [3.05, 3.63) is 28.0 Å². The summed E-state index contributed by atoms with van der Waals surface area (Å²) in [5.41, 5.74) is 1.45. The second-order valence-electron chi connectivity index (χ2n) is 4.57. The molecule has 0 bridgehead atoms. The highest BCUT2D eigenvalue weighted by Crippen LogP contribution is 2.28. The van der Waals surface area contributed by atoms with E-state index in [9.17, 15) is 4.79 Å². The number of carbonyl (C=O) groups is 1. The van der Waals surface area contributed by atoms with Crippen LogP contribution in [-0.4, -0.2) is 33.4 Å². The van der Waals surface area contributed by atoms with Gasteiger partial charge < -0.3 is 9.47 Å². The molecule has 0 unspecified atom stereocenters. The van der Waals surface area contributed by atoms with Crippen LogP contribution >= 0.6 is 34.8 Å². The highest BCUT2D eigenvalue weighted by Gasteiger charge is 2.17. The first-order chi connectivity index (χ1) is 10.0. The largest absolute Gasteiger partial charge is 0.342 e. The Morgan fingerprint density at radius 1 is 1.24 bits per heavy atom. The number of hydrogen-bond donors (Lipinski definition) is 0. The Bertz CT molecular complexity index is 665. The fourth-order valence-electron chi connectivity index (χ4n) is 2.26. The number of aromatic nitrogens is 2. The first-order valence-electron chi connectivity index (χ1n) is 6.69. The number of halogens is 3. The monoisotopic (exact) mass is 347 g/mol. The zero-order chi connectivity index (χ0) is 15.6. The molecule has 0 fully saturated rings. The number of rotatable bonds is 5. The standard InChI is InChI=1S/C14H16Cl3N3O/c1-3-19(4-2)14(21)8-20-12-6-10(17)9(16)5-11(12)18-13(20)7-15/h5-6H,3-4,7-8H2,1-2H3. The molecule has 4 nitrogen and oxygen atoms in total. The summed E-state index contributed by atoms with van der Waals surface area (Å²) in [6, 6.07) is 3.41. The van der Waals surface area contributed by atoms with Crippen molar-refractivity contribution in [1.29, 1.82) is 0 Å². The summed E-state index contributed by atoms with van der Waals surface area (Å²) in [5.74, 6) is 0.873. The van der Waals surface area contributed by atoms with Crippen molar-refractivity contribution in [2.45, 2.75) is 26.3 Å². The molecule has 1 aromatic heterocycles. The normalized spacial score (nSPS) is 11.1. The lowest BCUT2D eigenvalue weighted by molar-refractivity contribution is -0.131. The lowest BCUT2D eigenvalue weighted by Crippen LogP contribution is -2.33. The van der Waals surface area contributed by atoms with E-state index in [-0.39, 0.29) is 18.3 Å². The number of nitrogens with zero attached hydrogens (tertiary/aromatic N) is 3. The summed E-state index contributed by atoms with van der Waals surface area (Å²) < 4.78 is 1.80. The Morgan fingerprint density at radius 2 is 1.86 bits per heavy atom. The number of imidazole rings is 1. The van der Waals surface area contributed by atoms with Gasteiger partial charge in [0, 0.05) is 13.1 Å². The van der Waals surface area contributed by atoms with Crippen LogP contribution in [-0.2, 0) is 17.2 Å². The van der Waals surface area contributed by atoms with Crippen LogP contribution in [0.2, 0.25) is 10.0 Å². The predicted molar refractivity (Wildman–Crippen MR) is 87.2 cm³/mol. The van der Waals surface area contributed by atoms with E-state index >= 15 is 0 Å². The van der Waals surface area contributed by atoms with Crippen molar-refractivity contribution < 1.29 is 4.79 Å². The molecule has 0 atom stereocenters. The van der Waals surface area contributed by atoms with Crippen LogP contribution in [0.1, 0.15) is 19.7 Å². The molecule has 1 heterocycles. The molecular formula is C14H16Cl3N3O. The average Bonchev–Trinajstić information content (AvgIpc) is 2.78. The fourth-order valence-corrected chi connectivity index (χ4v) is 2.78. The number of carbonyl (C=O) groups excluding carboxylic acids is 1. The van der Waals surface area contributed by atoms with Crippen LogP contribution in [0.5, 0.6) is 0 Å². The van der Waals surface area contributed by atoms with E-state index in [1.807, 2.05) is 13.8 Å². The van der Waals surface area contributed by atoms with E-state index in [4.69, 9.17) is 34.8 Å². The number of fused-ring (bicyclic) bond motifs is 1. The van der Waals surface area contributed by atoms with Crippen LogP contribution in [0, 0.1) is 0 Å². The Hall–Kier alpha value is -0.970. The number of alkyl halides is 1. The van der Waals surface area contributed by atoms with Crippen molar-refractivity contribution >= 4 is 51.7 Å². The molecule has 0 spiro atoms. The second-order valence-corrected chi connectivity index (χ2v) is 5.65. The summed E-state index contributed by atoms with van der Waals surface area (Å²) in [7, 11) is 0. The Labute approximate surface area is 138 Å². The summed E-state index contributed by atoms with van der Waals surface area (Å²) in [6.07, 6.45) is 0. The molecule has 0 aliphatic rings. The molecule has 1 aromatic carbocycles. The summed E-state index contributed by atoms with van der Waals surface area (Å²) in [5, 5.41) is 0.867. The molecule has 0 N–H and O–H groups in total. The van der Waals surface area contributed by atoms with Gasteiger partial charge in [-0.2, -0.15) is 0 Å². The zero-order valence-corrected chi connectivity index (χ0v) is 14.1. The van der Waals surface area contributed by atoms with Gasteiger partial charge >= 0.3 is 0 Å². The Morgan fingerprint density at radius 3 is 2.43 bits per heavy atom. The molecule has 2 aromatic rings. The third kappa shape index (κ3) is 3.28. The molecule has 1 amide bonds. The molecular weight excluding hydrogens is 333 g/mol. The summed E-state index contributed by atoms with van der Waals surface area (Å²) in [4.78, 5) is 18.5. The number of hydrogen-bond acceptors (Lipinski definition) is 2. The first kappa shape index (κ1) is 16.4. The molecule has 2 rings (SSSR count). The topological polar surface area (TPSA) is 38.1 Å². The molecule has 7 heteroatoms. The van der Waals surface area contributed by atoms with E-state index in [1.165, 1.54) is 0 Å². The Balaban J connectivity index is 2.46. The zero-order valence-electron chi connectivity index (χ0n) is 11.9. The molecule has 0 saturated heterocycles. The molecule has 0 radical (unpaired) electrons. The Kier molecular flexibility index (Phi) is 5.36. The van der Waals surface area contributed by atoms with Gasteiger partial charge in [0.2, 0.25) is 5.91 Å². The van der Waals surface area contributed by atoms with Gasteiger partial charge in [0.15, 0.2) is 0 Å². The van der Waals surface area contributed by atoms with Crippen molar-refractivity contribution in [3.8, 4) is 0 Å². The highest BCUT2D eigenvalue weighted by atomic mass is 35.5. The third-order valence-electron chi connectivity index (χ3n) is 3.40. The van der Waals surface area contributed by atoms with E-state index in [0.717, 1.165) is 5.52 Å². The van der Waals surface area contributed by atoms with Gasteiger partial charge in [0.05, 0.1) is 27.0 Å². The van der Waals surface area contributed by atoms with Gasteiger partial charge in [0.25, 0.3) is 0 Å². The van der Waals surface area contributed by atoms with Gasteiger partial charge in [-0.3, -0.25) is 4.79 Å². The van der Waals surface area contributed by atoms with Crippen LogP contribution in [0.4, 0.5) is 0 Å². The maximum Gasteiger partial charge on any atom is 0.242 e. The molecule has 0 aliphatic heterocycles. The van der Waals surface area contributed by atoms with E-state index in [2.05, 4.69) is 4.98 Å². The maximum atomic E-state index is 12.3. The van der Waals surface area contributed by atoms with E-state index in [0.29, 0.717) is 34.5 Å². The quantitative estimate of drug-likeness (QED) is 0.767. The van der Waals surface area contributed by atoms with Crippen molar-refractivity contribution in [3.63, 3.8) is 0 Å². The smallest absolute Gasteiger partial charge is 0.242 e. The number of amides is 1. The van der Waals surface area contributed by atoms with Crippen LogP contribution in [0.25, 0.3) is 11.0 Å². The molecule has 21 heavy (non-hydrogen) atoms. The lowest BCUT2D eigenvalue weighted by Gasteiger charge is -2.19. The lowest BCUT2D eigenvalue weighted by atomic mass is 10.3. The summed E-state index contributed by atoms with van der Waals surface area (Å²) in [6.45, 7) is 5.44. The van der Waals surface area contributed by atoms with Crippen molar-refractivity contribution in [1.82, 2.24) is 14.5 Å². The molecule has 0 aliphatic carbocycles. The van der Waals surface area contributed by atoms with Crippen LogP contribution in [0.15, 0.2) is 12.1 Å². The SMILES string of the molecule is CCN(CC)C(=O)Cn1c(CCl)nc2cc(Cl)c(Cl)cc21. The van der Waals surface area contributed by atoms with E-state index in [1.54, 1.807) is 21.6 Å². The number of likely N-dealkylation sites (N-methyl/N-ethyl adjacent to an activating group) is 1. The fraction of sp³-hybridized carbons (Fsp3) is 0.429. The van der Waals surface area contributed by atoms with E-state index < -0.39 is 0 Å². The maximum absolute atomic E-state index is 12.3. The second kappa shape index (κ2) is 6.86. The van der Waals surface area contributed by atoms with Gasteiger partial charge in [-0.25, -0.2) is 4.98 Å². The predicted octanol–water partition coefficient (Wildman–Crippen LogP) is 3.95. The molecule has 0 saturated carbocycles. The minimum atomic E-state index is 0.0248. The van der Waals surface area contributed by atoms with Crippen molar-refractivity contribution in [2.75, 3.05) is 13.1 Å². The van der Waals surface area contributed by atoms with Crippen LogP contribution < -0.4 is 0 Å². The highest BCUT2D eigenvalue weighted by molar-refractivity contribution is 6.42. The van der Waals surface area contributed by atoms with Gasteiger partial charge in [-0.05, 0) is 26.0 Å². The molecule has 114 valence electrons. The third-order valence-corrected chi connectivity index (χ3v) is 4.36. The van der Waals surface area contributed by atoms with Crippen LogP contribution in [0.3, 0.4) is 0 Å². The summed E-state index contributed by atoms with van der Waals surface area (Å²) >= 11 is 18.0. The van der Waals surface area contributed by atoms with Gasteiger partial charge in [-0.1, -0.05) is 23.2 Å². The minimum Gasteiger partial charge on any atom is -0.342 e. The average molecular weight is 349 g/mol. The first-order valence-corrected chi connectivity index (χ1v) is 7.98. The number of benzene rings is 1. The minimum absolute atomic E-state index is 0.0248. The van der Waals surface area contributed by atoms with Gasteiger partial charge in [-0.15, -0.1) is 11.6 Å².